The predicted octanol–water partition coefficient (Wildman–Crippen LogP) is 8.66. The second kappa shape index (κ2) is 9.38. The highest BCUT2D eigenvalue weighted by Gasteiger charge is 2.44. The topological polar surface area (TPSA) is 36.9 Å². The molecule has 4 nitrogen and oxygen atoms in total. The van der Waals surface area contributed by atoms with E-state index in [0.717, 1.165) is 61.2 Å². The van der Waals surface area contributed by atoms with E-state index in [-0.39, 0.29) is 5.82 Å². The molecule has 7 rings (SSSR count). The maximum Gasteiger partial charge on any atom is 0.178 e. The zero-order valence-corrected chi connectivity index (χ0v) is 24.2. The fraction of sp³-hybridized carbons (Fsp3) is 0.189. The van der Waals surface area contributed by atoms with Crippen molar-refractivity contribution in [1.82, 2.24) is 0 Å². The maximum absolute atomic E-state index is 14.6. The Labute approximate surface area is 244 Å². The number of fused-ring (bicyclic) bond motifs is 8. The van der Waals surface area contributed by atoms with Crippen LogP contribution in [0.5, 0.6) is 23.0 Å². The summed E-state index contributed by atoms with van der Waals surface area (Å²) in [4.78, 5) is 0. The van der Waals surface area contributed by atoms with Gasteiger partial charge in [-0.3, -0.25) is 0 Å². The summed E-state index contributed by atoms with van der Waals surface area (Å²) in [6.45, 7) is 4.33. The molecule has 5 heteroatoms. The lowest BCUT2D eigenvalue weighted by Crippen LogP contribution is -2.35. The number of ether oxygens (including phenoxy) is 4. The first-order chi connectivity index (χ1) is 20.3. The minimum Gasteiger partial charge on any atom is -0.497 e. The van der Waals surface area contributed by atoms with Crippen LogP contribution in [0.25, 0.3) is 28.0 Å². The van der Waals surface area contributed by atoms with Crippen LogP contribution in [0.3, 0.4) is 0 Å². The number of halogens is 1. The average Bonchev–Trinajstić information content (AvgIpc) is 3.26. The molecule has 5 aromatic carbocycles. The van der Waals surface area contributed by atoms with Crippen molar-refractivity contribution >= 4 is 16.8 Å². The zero-order valence-electron chi connectivity index (χ0n) is 24.2. The zero-order chi connectivity index (χ0) is 29.2. The number of rotatable bonds is 5. The van der Waals surface area contributed by atoms with Gasteiger partial charge in [-0.25, -0.2) is 4.39 Å². The Morgan fingerprint density at radius 3 is 2.14 bits per heavy atom. The molecule has 1 heterocycles. The van der Waals surface area contributed by atoms with Crippen LogP contribution < -0.4 is 18.9 Å². The van der Waals surface area contributed by atoms with Crippen molar-refractivity contribution in [2.75, 3.05) is 21.3 Å². The molecule has 5 aromatic rings. The lowest BCUT2D eigenvalue weighted by Gasteiger charge is -2.38. The number of methoxy groups -OCH3 is 3. The highest BCUT2D eigenvalue weighted by Crippen LogP contribution is 2.58. The van der Waals surface area contributed by atoms with E-state index in [9.17, 15) is 4.39 Å². The van der Waals surface area contributed by atoms with Gasteiger partial charge in [0.25, 0.3) is 0 Å². The first-order valence-electron chi connectivity index (χ1n) is 14.0. The smallest absolute Gasteiger partial charge is 0.178 e. The van der Waals surface area contributed by atoms with E-state index < -0.39 is 11.0 Å². The summed E-state index contributed by atoms with van der Waals surface area (Å²) in [7, 11) is 4.92. The number of hydrogen-bond donors (Lipinski definition) is 0. The summed E-state index contributed by atoms with van der Waals surface area (Å²) in [5.41, 5.74) is 5.76. The maximum atomic E-state index is 14.6. The highest BCUT2D eigenvalue weighted by atomic mass is 19.1. The Morgan fingerprint density at radius 1 is 0.714 bits per heavy atom. The van der Waals surface area contributed by atoms with E-state index in [4.69, 9.17) is 18.9 Å². The molecule has 1 atom stereocenters. The lowest BCUT2D eigenvalue weighted by molar-refractivity contribution is 0.162. The van der Waals surface area contributed by atoms with Crippen molar-refractivity contribution in [1.29, 1.82) is 0 Å². The molecule has 0 spiro atoms. The Hall–Kier alpha value is -4.77. The quantitative estimate of drug-likeness (QED) is 0.216. The molecule has 0 fully saturated rings. The second-order valence-electron chi connectivity index (χ2n) is 11.3. The Morgan fingerprint density at radius 2 is 1.43 bits per heavy atom. The highest BCUT2D eigenvalue weighted by molar-refractivity contribution is 6.08. The third-order valence-corrected chi connectivity index (χ3v) is 8.83. The predicted molar refractivity (Wildman–Crippen MR) is 164 cm³/mol. The van der Waals surface area contributed by atoms with Gasteiger partial charge in [0.05, 0.1) is 21.3 Å². The van der Waals surface area contributed by atoms with E-state index >= 15 is 0 Å². The summed E-state index contributed by atoms with van der Waals surface area (Å²) in [5.74, 6) is 2.58. The number of benzene rings is 5. The average molecular weight is 559 g/mol. The molecular weight excluding hydrogens is 527 g/mol. The van der Waals surface area contributed by atoms with Crippen LogP contribution in [0.4, 0.5) is 4.39 Å². The molecule has 0 radical (unpaired) electrons. The largest absolute Gasteiger partial charge is 0.497 e. The summed E-state index contributed by atoms with van der Waals surface area (Å²) in [5, 5.41) is 2.08. The van der Waals surface area contributed by atoms with Gasteiger partial charge in [-0.2, -0.15) is 0 Å². The van der Waals surface area contributed by atoms with E-state index in [1.165, 1.54) is 0 Å². The fourth-order valence-electron chi connectivity index (χ4n) is 6.79. The van der Waals surface area contributed by atoms with Crippen molar-refractivity contribution < 1.29 is 23.3 Å². The van der Waals surface area contributed by atoms with Crippen LogP contribution >= 0.6 is 0 Å². The standard InChI is InChI=1S/C37H31FO4/c1-36(2)30-21-24(38)13-16-28(30)33-26-8-6-7-9-27(26)35-29(34(33)36)18-19-37(42-35,22-10-14-25(39-3)15-11-22)23-12-17-31(40-4)32(20-23)41-5/h6-21H,1-5H3. The normalized spacial score (nSPS) is 17.7. The molecule has 42 heavy (non-hydrogen) atoms. The van der Waals surface area contributed by atoms with Crippen molar-refractivity contribution in [3.63, 3.8) is 0 Å². The molecule has 1 unspecified atom stereocenters. The van der Waals surface area contributed by atoms with Crippen molar-refractivity contribution in [2.24, 2.45) is 0 Å². The van der Waals surface area contributed by atoms with Gasteiger partial charge in [-0.1, -0.05) is 68.5 Å². The molecule has 0 saturated carbocycles. The van der Waals surface area contributed by atoms with Crippen molar-refractivity contribution in [3.8, 4) is 34.1 Å². The molecular formula is C37H31FO4. The molecule has 1 aliphatic carbocycles. The van der Waals surface area contributed by atoms with Gasteiger partial charge in [0, 0.05) is 27.5 Å². The van der Waals surface area contributed by atoms with Gasteiger partial charge in [-0.15, -0.1) is 0 Å². The monoisotopic (exact) mass is 558 g/mol. The van der Waals surface area contributed by atoms with Gasteiger partial charge in [0.2, 0.25) is 0 Å². The fourth-order valence-corrected chi connectivity index (χ4v) is 6.79. The van der Waals surface area contributed by atoms with Crippen LogP contribution in [0.1, 0.15) is 41.7 Å². The minimum absolute atomic E-state index is 0.230. The summed E-state index contributed by atoms with van der Waals surface area (Å²) in [6.07, 6.45) is 4.29. The summed E-state index contributed by atoms with van der Waals surface area (Å²) < 4.78 is 38.6. The Kier molecular flexibility index (Phi) is 5.84. The molecule has 0 N–H and O–H groups in total. The minimum atomic E-state index is -0.975. The third-order valence-electron chi connectivity index (χ3n) is 8.83. The van der Waals surface area contributed by atoms with Crippen LogP contribution in [0.2, 0.25) is 0 Å². The molecule has 0 amide bonds. The van der Waals surface area contributed by atoms with E-state index in [1.54, 1.807) is 33.5 Å². The molecule has 0 saturated heterocycles. The SMILES string of the molecule is COc1ccc(C2(c3ccc(OC)c(OC)c3)C=Cc3c4c(c5ccccc5c3O2)-c2ccc(F)cc2C4(C)C)cc1. The van der Waals surface area contributed by atoms with Crippen LogP contribution in [0, 0.1) is 5.82 Å². The third kappa shape index (κ3) is 3.59. The van der Waals surface area contributed by atoms with Crippen molar-refractivity contribution in [2.45, 2.75) is 24.9 Å². The molecule has 0 bridgehead atoms. The number of hydrogen-bond acceptors (Lipinski definition) is 4. The van der Waals surface area contributed by atoms with Gasteiger partial charge >= 0.3 is 0 Å². The van der Waals surface area contributed by atoms with E-state index in [2.05, 4.69) is 38.1 Å². The summed E-state index contributed by atoms with van der Waals surface area (Å²) in [6, 6.07) is 27.3. The van der Waals surface area contributed by atoms with Crippen LogP contribution in [0.15, 0.2) is 91.0 Å². The van der Waals surface area contributed by atoms with Crippen molar-refractivity contribution in [3.05, 3.63) is 125 Å². The second-order valence-corrected chi connectivity index (χ2v) is 11.3. The first kappa shape index (κ1) is 26.1. The van der Waals surface area contributed by atoms with Crippen LogP contribution in [-0.2, 0) is 11.0 Å². The van der Waals surface area contributed by atoms with Gasteiger partial charge < -0.3 is 18.9 Å². The van der Waals surface area contributed by atoms with Gasteiger partial charge in [0.1, 0.15) is 17.3 Å². The first-order valence-corrected chi connectivity index (χ1v) is 14.0. The summed E-state index contributed by atoms with van der Waals surface area (Å²) >= 11 is 0. The van der Waals surface area contributed by atoms with Gasteiger partial charge in [0.15, 0.2) is 17.1 Å². The molecule has 1 aliphatic heterocycles. The van der Waals surface area contributed by atoms with Gasteiger partial charge in [-0.05, 0) is 70.1 Å². The lowest BCUT2D eigenvalue weighted by atomic mass is 9.76. The Bertz CT molecular complexity index is 1900. The molecule has 210 valence electrons. The Balaban J connectivity index is 1.53. The van der Waals surface area contributed by atoms with E-state index in [1.807, 2.05) is 60.7 Å². The van der Waals surface area contributed by atoms with E-state index in [0.29, 0.717) is 11.5 Å². The molecule has 0 aromatic heterocycles. The van der Waals surface area contributed by atoms with Crippen LogP contribution in [-0.4, -0.2) is 21.3 Å². The molecule has 2 aliphatic rings.